The number of nitrogens with zero attached hydrogens (tertiary/aromatic N) is 2. The van der Waals surface area contributed by atoms with Crippen LogP contribution in [0, 0.1) is 13.8 Å². The Morgan fingerprint density at radius 1 is 1.00 bits per heavy atom. The second kappa shape index (κ2) is 2.05. The number of H-pyrrole nitrogens is 1. The van der Waals surface area contributed by atoms with Gasteiger partial charge >= 0.3 is 0 Å². The fourth-order valence-electron chi connectivity index (χ4n) is 1.19. The van der Waals surface area contributed by atoms with E-state index in [0.29, 0.717) is 0 Å². The van der Waals surface area contributed by atoms with Gasteiger partial charge in [-0.15, -0.1) is 0 Å². The van der Waals surface area contributed by atoms with Gasteiger partial charge in [-0.3, -0.25) is 0 Å². The molecule has 1 aromatic heterocycles. The van der Waals surface area contributed by atoms with E-state index in [1.807, 2.05) is 13.8 Å². The van der Waals surface area contributed by atoms with Crippen molar-refractivity contribution >= 4 is 11.0 Å². The molecule has 0 aliphatic rings. The number of aromatic amines is 1. The SMILES string of the molecule is Cc1ccc(C)c2n[nH]nc12. The Hall–Kier alpha value is -1.38. The molecule has 1 aromatic carbocycles. The molecule has 3 heteroatoms. The zero-order chi connectivity index (χ0) is 7.84. The maximum Gasteiger partial charge on any atom is 0.116 e. The van der Waals surface area contributed by atoms with Crippen molar-refractivity contribution in [3.05, 3.63) is 23.3 Å². The third-order valence-electron chi connectivity index (χ3n) is 1.88. The molecule has 0 aliphatic heterocycles. The van der Waals surface area contributed by atoms with Crippen molar-refractivity contribution in [1.29, 1.82) is 0 Å². The predicted octanol–water partition coefficient (Wildman–Crippen LogP) is 1.57. The van der Waals surface area contributed by atoms with Gasteiger partial charge in [0.05, 0.1) is 0 Å². The highest BCUT2D eigenvalue weighted by atomic mass is 15.3. The summed E-state index contributed by atoms with van der Waals surface area (Å²) in [6, 6.07) is 4.11. The van der Waals surface area contributed by atoms with E-state index in [9.17, 15) is 0 Å². The van der Waals surface area contributed by atoms with Crippen molar-refractivity contribution < 1.29 is 0 Å². The molecule has 0 saturated carbocycles. The Bertz CT molecular complexity index is 353. The average Bonchev–Trinajstić information content (AvgIpc) is 2.45. The molecule has 0 spiro atoms. The molecule has 2 aromatic rings. The highest BCUT2D eigenvalue weighted by Gasteiger charge is 2.02. The van der Waals surface area contributed by atoms with Gasteiger partial charge in [-0.2, -0.15) is 15.4 Å². The molecule has 0 fully saturated rings. The number of nitrogens with one attached hydrogen (secondary N) is 1. The molecule has 0 bridgehead atoms. The summed E-state index contributed by atoms with van der Waals surface area (Å²) in [5.74, 6) is 0. The number of fused-ring (bicyclic) bond motifs is 1. The first-order valence-corrected chi connectivity index (χ1v) is 3.56. The van der Waals surface area contributed by atoms with E-state index in [4.69, 9.17) is 0 Å². The first-order valence-electron chi connectivity index (χ1n) is 3.56. The molecule has 1 heterocycles. The summed E-state index contributed by atoms with van der Waals surface area (Å²) in [5, 5.41) is 10.7. The third-order valence-corrected chi connectivity index (χ3v) is 1.88. The number of aryl methyl sites for hydroxylation is 2. The Morgan fingerprint density at radius 3 is 1.91 bits per heavy atom. The summed E-state index contributed by atoms with van der Waals surface area (Å²) in [7, 11) is 0. The van der Waals surface area contributed by atoms with E-state index in [1.54, 1.807) is 0 Å². The molecular formula is C8H9N3. The molecule has 11 heavy (non-hydrogen) atoms. The Labute approximate surface area is 64.4 Å². The quantitative estimate of drug-likeness (QED) is 0.614. The van der Waals surface area contributed by atoms with Crippen LogP contribution < -0.4 is 0 Å². The number of aromatic nitrogens is 3. The minimum atomic E-state index is 0.977. The topological polar surface area (TPSA) is 41.6 Å². The molecule has 0 aliphatic carbocycles. The van der Waals surface area contributed by atoms with Crippen LogP contribution in [0.15, 0.2) is 12.1 Å². The van der Waals surface area contributed by atoms with Crippen LogP contribution in [-0.2, 0) is 0 Å². The summed E-state index contributed by atoms with van der Waals surface area (Å²) < 4.78 is 0. The molecule has 1 N–H and O–H groups in total. The fourth-order valence-corrected chi connectivity index (χ4v) is 1.19. The molecule has 0 radical (unpaired) electrons. The van der Waals surface area contributed by atoms with E-state index in [2.05, 4.69) is 27.5 Å². The van der Waals surface area contributed by atoms with Crippen LogP contribution in [0.3, 0.4) is 0 Å². The lowest BCUT2D eigenvalue weighted by Crippen LogP contribution is -1.79. The van der Waals surface area contributed by atoms with Crippen molar-refractivity contribution in [2.24, 2.45) is 0 Å². The van der Waals surface area contributed by atoms with Gasteiger partial charge in [0.1, 0.15) is 11.0 Å². The summed E-state index contributed by atoms with van der Waals surface area (Å²) in [4.78, 5) is 0. The van der Waals surface area contributed by atoms with E-state index < -0.39 is 0 Å². The molecular weight excluding hydrogens is 138 g/mol. The number of rotatable bonds is 0. The molecule has 0 saturated heterocycles. The van der Waals surface area contributed by atoms with Gasteiger partial charge in [0.25, 0.3) is 0 Å². The van der Waals surface area contributed by atoms with Crippen LogP contribution in [0.5, 0.6) is 0 Å². The molecule has 2 rings (SSSR count). The molecule has 0 amide bonds. The minimum Gasteiger partial charge on any atom is -0.197 e. The smallest absolute Gasteiger partial charge is 0.116 e. The molecule has 0 atom stereocenters. The van der Waals surface area contributed by atoms with Crippen LogP contribution in [0.1, 0.15) is 11.1 Å². The van der Waals surface area contributed by atoms with E-state index in [1.165, 1.54) is 11.1 Å². The zero-order valence-electron chi connectivity index (χ0n) is 6.55. The third kappa shape index (κ3) is 0.808. The Kier molecular flexibility index (Phi) is 1.18. The van der Waals surface area contributed by atoms with Crippen LogP contribution in [0.25, 0.3) is 11.0 Å². The zero-order valence-corrected chi connectivity index (χ0v) is 6.55. The first-order chi connectivity index (χ1) is 5.29. The van der Waals surface area contributed by atoms with Crippen molar-refractivity contribution in [2.75, 3.05) is 0 Å². The van der Waals surface area contributed by atoms with E-state index in [-0.39, 0.29) is 0 Å². The normalized spacial score (nSPS) is 10.7. The standard InChI is InChI=1S/C8H9N3/c1-5-3-4-6(2)8-7(5)9-11-10-8/h3-4H,1-2H3,(H,9,10,11). The van der Waals surface area contributed by atoms with Crippen LogP contribution in [0.4, 0.5) is 0 Å². The largest absolute Gasteiger partial charge is 0.197 e. The van der Waals surface area contributed by atoms with Crippen LogP contribution in [-0.4, -0.2) is 15.4 Å². The second-order valence-corrected chi connectivity index (χ2v) is 2.72. The number of hydrogen-bond acceptors (Lipinski definition) is 2. The summed E-state index contributed by atoms with van der Waals surface area (Å²) in [6.45, 7) is 4.06. The molecule has 3 nitrogen and oxygen atoms in total. The van der Waals surface area contributed by atoms with Gasteiger partial charge in [-0.25, -0.2) is 0 Å². The maximum absolute atomic E-state index is 4.04. The first kappa shape index (κ1) is 6.34. The van der Waals surface area contributed by atoms with E-state index in [0.717, 1.165) is 11.0 Å². The van der Waals surface area contributed by atoms with Gasteiger partial charge in [-0.1, -0.05) is 12.1 Å². The predicted molar refractivity (Wildman–Crippen MR) is 43.4 cm³/mol. The second-order valence-electron chi connectivity index (χ2n) is 2.72. The molecule has 56 valence electrons. The van der Waals surface area contributed by atoms with Gasteiger partial charge in [-0.05, 0) is 25.0 Å². The number of benzene rings is 1. The summed E-state index contributed by atoms with van der Waals surface area (Å²) >= 11 is 0. The van der Waals surface area contributed by atoms with Crippen molar-refractivity contribution in [3.8, 4) is 0 Å². The minimum absolute atomic E-state index is 0.977. The fraction of sp³-hybridized carbons (Fsp3) is 0.250. The highest BCUT2D eigenvalue weighted by molar-refractivity contribution is 5.80. The highest BCUT2D eigenvalue weighted by Crippen LogP contribution is 2.16. The van der Waals surface area contributed by atoms with E-state index >= 15 is 0 Å². The molecule has 0 unspecified atom stereocenters. The summed E-state index contributed by atoms with van der Waals surface area (Å²) in [6.07, 6.45) is 0. The van der Waals surface area contributed by atoms with Crippen molar-refractivity contribution in [2.45, 2.75) is 13.8 Å². The Morgan fingerprint density at radius 2 is 1.45 bits per heavy atom. The Balaban J connectivity index is 2.96. The average molecular weight is 147 g/mol. The van der Waals surface area contributed by atoms with Gasteiger partial charge < -0.3 is 0 Å². The van der Waals surface area contributed by atoms with Crippen LogP contribution in [0.2, 0.25) is 0 Å². The van der Waals surface area contributed by atoms with Gasteiger partial charge in [0.2, 0.25) is 0 Å². The monoisotopic (exact) mass is 147 g/mol. The van der Waals surface area contributed by atoms with Crippen molar-refractivity contribution in [1.82, 2.24) is 15.4 Å². The van der Waals surface area contributed by atoms with Crippen LogP contribution >= 0.6 is 0 Å². The lowest BCUT2D eigenvalue weighted by atomic mass is 10.1. The maximum atomic E-state index is 4.04. The van der Waals surface area contributed by atoms with Gasteiger partial charge in [0.15, 0.2) is 0 Å². The van der Waals surface area contributed by atoms with Gasteiger partial charge in [0, 0.05) is 0 Å². The lowest BCUT2D eigenvalue weighted by molar-refractivity contribution is 0.957. The summed E-state index contributed by atoms with van der Waals surface area (Å²) in [5.41, 5.74) is 4.29. The number of hydrogen-bond donors (Lipinski definition) is 1. The lowest BCUT2D eigenvalue weighted by Gasteiger charge is -1.94. The van der Waals surface area contributed by atoms with Crippen molar-refractivity contribution in [3.63, 3.8) is 0 Å².